The zero-order valence-corrected chi connectivity index (χ0v) is 12.2. The van der Waals surface area contributed by atoms with Crippen LogP contribution in [0.15, 0.2) is 18.2 Å². The number of fused-ring (bicyclic) bond motifs is 1. The molecular weight excluding hydrogens is 270 g/mol. The Kier molecular flexibility index (Phi) is 3.96. The minimum atomic E-state index is -0.354. The van der Waals surface area contributed by atoms with Crippen molar-refractivity contribution in [3.05, 3.63) is 28.3 Å². The Labute approximate surface area is 124 Å². The number of nitrogens with one attached hydrogen (secondary N) is 1. The lowest BCUT2D eigenvalue weighted by Gasteiger charge is -2.24. The molecule has 2 saturated heterocycles. The van der Waals surface area contributed by atoms with E-state index in [1.54, 1.807) is 6.07 Å². The highest BCUT2D eigenvalue weighted by atomic mass is 16.6. The van der Waals surface area contributed by atoms with Crippen molar-refractivity contribution in [3.63, 3.8) is 0 Å². The van der Waals surface area contributed by atoms with Crippen molar-refractivity contribution in [2.45, 2.75) is 25.8 Å². The van der Waals surface area contributed by atoms with Crippen LogP contribution in [0.2, 0.25) is 0 Å². The smallest absolute Gasteiger partial charge is 0.275 e. The molecule has 0 bridgehead atoms. The van der Waals surface area contributed by atoms with E-state index < -0.39 is 0 Å². The summed E-state index contributed by atoms with van der Waals surface area (Å²) in [6.45, 7) is 5.34. The summed E-state index contributed by atoms with van der Waals surface area (Å²) in [6.07, 6.45) is 2.45. The summed E-state index contributed by atoms with van der Waals surface area (Å²) in [5, 5.41) is 14.6. The first-order valence-corrected chi connectivity index (χ1v) is 7.58. The molecule has 6 nitrogen and oxygen atoms in total. The van der Waals surface area contributed by atoms with Crippen LogP contribution < -0.4 is 15.0 Å². The lowest BCUT2D eigenvalue weighted by atomic mass is 9.94. The molecule has 1 aromatic carbocycles. The monoisotopic (exact) mass is 291 g/mol. The number of nitrogens with zero attached hydrogens (tertiary/aromatic N) is 2. The quantitative estimate of drug-likeness (QED) is 0.680. The van der Waals surface area contributed by atoms with Crippen molar-refractivity contribution in [2.24, 2.45) is 5.92 Å². The summed E-state index contributed by atoms with van der Waals surface area (Å²) in [7, 11) is 0. The highest BCUT2D eigenvalue weighted by Gasteiger charge is 2.34. The Hall–Kier alpha value is -1.82. The Morgan fingerprint density at radius 1 is 1.43 bits per heavy atom. The molecule has 2 heterocycles. The number of rotatable bonds is 4. The van der Waals surface area contributed by atoms with Crippen molar-refractivity contribution in [1.82, 2.24) is 5.32 Å². The Bertz CT molecular complexity index is 521. The summed E-state index contributed by atoms with van der Waals surface area (Å²) < 4.78 is 5.47. The highest BCUT2D eigenvalue weighted by Crippen LogP contribution is 2.33. The molecule has 21 heavy (non-hydrogen) atoms. The first kappa shape index (κ1) is 14.1. The Morgan fingerprint density at radius 3 is 3.00 bits per heavy atom. The number of ether oxygens (including phenoxy) is 1. The van der Waals surface area contributed by atoms with Crippen molar-refractivity contribution in [1.29, 1.82) is 0 Å². The summed E-state index contributed by atoms with van der Waals surface area (Å²) in [6, 6.07) is 5.57. The molecule has 2 unspecified atom stereocenters. The van der Waals surface area contributed by atoms with Crippen LogP contribution in [0.4, 0.5) is 11.4 Å². The van der Waals surface area contributed by atoms with Gasteiger partial charge in [0, 0.05) is 37.0 Å². The Balaban J connectivity index is 1.85. The zero-order chi connectivity index (χ0) is 14.8. The topological polar surface area (TPSA) is 67.6 Å². The number of benzene rings is 1. The summed E-state index contributed by atoms with van der Waals surface area (Å²) in [5.41, 5.74) is 0.989. The van der Waals surface area contributed by atoms with Gasteiger partial charge in [-0.25, -0.2) is 0 Å². The molecule has 0 spiro atoms. The highest BCUT2D eigenvalue weighted by molar-refractivity contribution is 5.59. The van der Waals surface area contributed by atoms with Crippen LogP contribution in [0, 0.1) is 16.0 Å². The molecule has 114 valence electrons. The molecule has 0 amide bonds. The maximum atomic E-state index is 11.1. The number of nitro groups is 1. The zero-order valence-electron chi connectivity index (χ0n) is 12.2. The number of hydrogen-bond donors (Lipinski definition) is 1. The average Bonchev–Trinajstić information content (AvgIpc) is 2.91. The van der Waals surface area contributed by atoms with Crippen LogP contribution >= 0.6 is 0 Å². The third-order valence-corrected chi connectivity index (χ3v) is 4.36. The van der Waals surface area contributed by atoms with Gasteiger partial charge in [-0.3, -0.25) is 10.1 Å². The van der Waals surface area contributed by atoms with Crippen LogP contribution in [-0.4, -0.2) is 37.2 Å². The molecule has 2 fully saturated rings. The summed E-state index contributed by atoms with van der Waals surface area (Å²) >= 11 is 0. The van der Waals surface area contributed by atoms with E-state index in [9.17, 15) is 10.1 Å². The normalized spacial score (nSPS) is 24.7. The summed E-state index contributed by atoms with van der Waals surface area (Å²) in [5.74, 6) is 1.22. The van der Waals surface area contributed by atoms with Gasteiger partial charge >= 0.3 is 0 Å². The lowest BCUT2D eigenvalue weighted by molar-refractivity contribution is -0.384. The number of non-ortho nitro benzene ring substituents is 1. The molecule has 6 heteroatoms. The molecule has 2 aliphatic heterocycles. The fourth-order valence-electron chi connectivity index (χ4n) is 3.36. The van der Waals surface area contributed by atoms with Gasteiger partial charge in [-0.15, -0.1) is 0 Å². The fourth-order valence-corrected chi connectivity index (χ4v) is 3.36. The molecule has 2 aliphatic rings. The lowest BCUT2D eigenvalue weighted by Crippen LogP contribution is -2.40. The predicted octanol–water partition coefficient (Wildman–Crippen LogP) is 2.18. The molecule has 0 aromatic heterocycles. The van der Waals surface area contributed by atoms with Crippen LogP contribution in [0.3, 0.4) is 0 Å². The minimum Gasteiger partial charge on any atom is -0.494 e. The van der Waals surface area contributed by atoms with Gasteiger partial charge in [-0.2, -0.15) is 0 Å². The van der Waals surface area contributed by atoms with Gasteiger partial charge in [0.15, 0.2) is 0 Å². The minimum absolute atomic E-state index is 0.0961. The first-order chi connectivity index (χ1) is 10.2. The number of anilines is 1. The predicted molar refractivity (Wildman–Crippen MR) is 81.0 cm³/mol. The molecule has 0 aliphatic carbocycles. The van der Waals surface area contributed by atoms with Gasteiger partial charge in [0.1, 0.15) is 5.75 Å². The van der Waals surface area contributed by atoms with Gasteiger partial charge in [0.25, 0.3) is 5.69 Å². The third kappa shape index (κ3) is 2.95. The van der Waals surface area contributed by atoms with E-state index in [4.69, 9.17) is 4.74 Å². The standard InChI is InChI=1S/C15H21N3O3/c1-2-21-14-7-12(6-13(8-14)18(19)20)17-9-11-4-3-5-16-15(11)10-17/h6-8,11,15-16H,2-5,9-10H2,1H3. The number of piperidine rings is 1. The van der Waals surface area contributed by atoms with Gasteiger partial charge in [-0.1, -0.05) is 0 Å². The van der Waals surface area contributed by atoms with Crippen LogP contribution in [0.5, 0.6) is 5.75 Å². The molecule has 3 rings (SSSR count). The maximum Gasteiger partial charge on any atom is 0.275 e. The van der Waals surface area contributed by atoms with Crippen LogP contribution in [-0.2, 0) is 0 Å². The van der Waals surface area contributed by atoms with Crippen LogP contribution in [0.25, 0.3) is 0 Å². The Morgan fingerprint density at radius 2 is 2.29 bits per heavy atom. The van der Waals surface area contributed by atoms with Gasteiger partial charge < -0.3 is 15.0 Å². The van der Waals surface area contributed by atoms with Gasteiger partial charge in [-0.05, 0) is 32.2 Å². The van der Waals surface area contributed by atoms with E-state index in [2.05, 4.69) is 10.2 Å². The third-order valence-electron chi connectivity index (χ3n) is 4.36. The fraction of sp³-hybridized carbons (Fsp3) is 0.600. The number of nitro benzene ring substituents is 1. The van der Waals surface area contributed by atoms with E-state index >= 15 is 0 Å². The SMILES string of the molecule is CCOc1cc(N2CC3CCCNC3C2)cc([N+](=O)[O-])c1. The number of hydrogen-bond acceptors (Lipinski definition) is 5. The average molecular weight is 291 g/mol. The largest absolute Gasteiger partial charge is 0.494 e. The van der Waals surface area contributed by atoms with Crippen molar-refractivity contribution < 1.29 is 9.66 Å². The van der Waals surface area contributed by atoms with Gasteiger partial charge in [0.2, 0.25) is 0 Å². The molecule has 0 radical (unpaired) electrons. The second kappa shape index (κ2) is 5.89. The van der Waals surface area contributed by atoms with Crippen molar-refractivity contribution in [2.75, 3.05) is 31.1 Å². The molecule has 1 aromatic rings. The van der Waals surface area contributed by atoms with Crippen LogP contribution in [0.1, 0.15) is 19.8 Å². The van der Waals surface area contributed by atoms with E-state index in [1.165, 1.54) is 18.9 Å². The van der Waals surface area contributed by atoms with Crippen molar-refractivity contribution >= 4 is 11.4 Å². The van der Waals surface area contributed by atoms with E-state index in [0.717, 1.165) is 25.3 Å². The molecule has 2 atom stereocenters. The van der Waals surface area contributed by atoms with Crippen molar-refractivity contribution in [3.8, 4) is 5.75 Å². The van der Waals surface area contributed by atoms with E-state index in [-0.39, 0.29) is 10.6 Å². The van der Waals surface area contributed by atoms with Gasteiger partial charge in [0.05, 0.1) is 17.6 Å². The first-order valence-electron chi connectivity index (χ1n) is 7.58. The summed E-state index contributed by atoms with van der Waals surface area (Å²) in [4.78, 5) is 13.0. The van der Waals surface area contributed by atoms with E-state index in [0.29, 0.717) is 24.3 Å². The van der Waals surface area contributed by atoms with E-state index in [1.807, 2.05) is 13.0 Å². The maximum absolute atomic E-state index is 11.1. The second-order valence-corrected chi connectivity index (χ2v) is 5.74. The molecule has 1 N–H and O–H groups in total. The molecular formula is C15H21N3O3. The molecule has 0 saturated carbocycles. The second-order valence-electron chi connectivity index (χ2n) is 5.74.